The fourth-order valence-corrected chi connectivity index (χ4v) is 2.28. The summed E-state index contributed by atoms with van der Waals surface area (Å²) in [6, 6.07) is 0. The van der Waals surface area contributed by atoms with Gasteiger partial charge in [-0.05, 0) is 19.8 Å². The predicted molar refractivity (Wildman–Crippen MR) is 46.3 cm³/mol. The molecular formula is C8H11NO2S. The molecule has 1 aromatic heterocycles. The molecule has 0 saturated carbocycles. The van der Waals surface area contributed by atoms with Gasteiger partial charge in [0.25, 0.3) is 0 Å². The molecule has 3 nitrogen and oxygen atoms in total. The molecule has 4 heteroatoms. The number of ether oxygens (including phenoxy) is 1. The zero-order valence-corrected chi connectivity index (χ0v) is 7.73. The summed E-state index contributed by atoms with van der Waals surface area (Å²) >= 11 is 1.46. The maximum absolute atomic E-state index is 9.07. The van der Waals surface area contributed by atoms with E-state index in [0.29, 0.717) is 0 Å². The molecule has 1 fully saturated rings. The van der Waals surface area contributed by atoms with Crippen LogP contribution in [0.1, 0.15) is 24.8 Å². The fraction of sp³-hybridized carbons (Fsp3) is 0.625. The smallest absolute Gasteiger partial charge is 0.222 e. The summed E-state index contributed by atoms with van der Waals surface area (Å²) < 4.78 is 5.58. The molecule has 0 amide bonds. The van der Waals surface area contributed by atoms with Gasteiger partial charge in [0, 0.05) is 6.61 Å². The molecule has 66 valence electrons. The third-order valence-corrected chi connectivity index (χ3v) is 3.24. The van der Waals surface area contributed by atoms with Gasteiger partial charge in [0.1, 0.15) is 10.6 Å². The molecule has 0 aromatic carbocycles. The average Bonchev–Trinajstić information content (AvgIpc) is 2.59. The van der Waals surface area contributed by atoms with Crippen molar-refractivity contribution in [2.24, 2.45) is 0 Å². The highest BCUT2D eigenvalue weighted by Gasteiger charge is 2.34. The minimum absolute atomic E-state index is 0.103. The molecule has 1 aliphatic rings. The second kappa shape index (κ2) is 2.71. The van der Waals surface area contributed by atoms with Gasteiger partial charge in [0.2, 0.25) is 5.88 Å². The van der Waals surface area contributed by atoms with E-state index in [0.717, 1.165) is 24.5 Å². The van der Waals surface area contributed by atoms with Gasteiger partial charge >= 0.3 is 0 Å². The minimum Gasteiger partial charge on any atom is -0.493 e. The van der Waals surface area contributed by atoms with Crippen molar-refractivity contribution in [3.63, 3.8) is 0 Å². The van der Waals surface area contributed by atoms with Gasteiger partial charge < -0.3 is 9.84 Å². The van der Waals surface area contributed by atoms with Crippen LogP contribution in [0.25, 0.3) is 0 Å². The van der Waals surface area contributed by atoms with Gasteiger partial charge in [-0.15, -0.1) is 11.3 Å². The quantitative estimate of drug-likeness (QED) is 0.726. The van der Waals surface area contributed by atoms with Crippen molar-refractivity contribution in [3.05, 3.63) is 10.4 Å². The van der Waals surface area contributed by atoms with Gasteiger partial charge in [-0.1, -0.05) is 0 Å². The molecule has 2 rings (SSSR count). The monoisotopic (exact) mass is 185 g/mol. The molecule has 1 N–H and O–H groups in total. The van der Waals surface area contributed by atoms with E-state index in [-0.39, 0.29) is 11.5 Å². The number of aromatic nitrogens is 1. The third kappa shape index (κ3) is 1.21. The first-order valence-corrected chi connectivity index (χ1v) is 4.88. The van der Waals surface area contributed by atoms with Crippen LogP contribution >= 0.6 is 11.3 Å². The molecule has 0 aliphatic carbocycles. The summed E-state index contributed by atoms with van der Waals surface area (Å²) in [4.78, 5) is 4.01. The van der Waals surface area contributed by atoms with E-state index in [9.17, 15) is 0 Å². The van der Waals surface area contributed by atoms with Crippen LogP contribution in [0.3, 0.4) is 0 Å². The Hall–Kier alpha value is -0.610. The Balaban J connectivity index is 2.28. The van der Waals surface area contributed by atoms with E-state index >= 15 is 0 Å². The SMILES string of the molecule is CC1(c2nc(O)cs2)CCCO1. The van der Waals surface area contributed by atoms with Crippen LogP contribution in [-0.4, -0.2) is 16.7 Å². The first-order valence-electron chi connectivity index (χ1n) is 4.00. The van der Waals surface area contributed by atoms with Crippen LogP contribution in [-0.2, 0) is 10.3 Å². The standard InChI is InChI=1S/C8H11NO2S/c1-8(3-2-4-11-8)7-9-6(10)5-12-7/h5,10H,2-4H2,1H3. The van der Waals surface area contributed by atoms with Crippen molar-refractivity contribution in [1.82, 2.24) is 4.98 Å². The topological polar surface area (TPSA) is 42.4 Å². The molecule has 0 spiro atoms. The van der Waals surface area contributed by atoms with E-state index in [1.54, 1.807) is 5.38 Å². The normalized spacial score (nSPS) is 29.4. The Bertz CT molecular complexity index is 278. The predicted octanol–water partition coefficient (Wildman–Crippen LogP) is 1.87. The first-order chi connectivity index (χ1) is 5.71. The molecule has 0 radical (unpaired) electrons. The summed E-state index contributed by atoms with van der Waals surface area (Å²) in [5, 5.41) is 11.6. The maximum Gasteiger partial charge on any atom is 0.222 e. The maximum atomic E-state index is 9.07. The minimum atomic E-state index is -0.244. The van der Waals surface area contributed by atoms with Gasteiger partial charge in [-0.2, -0.15) is 0 Å². The van der Waals surface area contributed by atoms with E-state index in [2.05, 4.69) is 4.98 Å². The van der Waals surface area contributed by atoms with Crippen molar-refractivity contribution >= 4 is 11.3 Å². The van der Waals surface area contributed by atoms with E-state index in [4.69, 9.17) is 9.84 Å². The van der Waals surface area contributed by atoms with Crippen LogP contribution in [0.2, 0.25) is 0 Å². The number of rotatable bonds is 1. The lowest BCUT2D eigenvalue weighted by atomic mass is 10.0. The fourth-order valence-electron chi connectivity index (χ4n) is 1.46. The Morgan fingerprint density at radius 2 is 2.58 bits per heavy atom. The van der Waals surface area contributed by atoms with Gasteiger partial charge in [0.05, 0.1) is 5.38 Å². The van der Waals surface area contributed by atoms with Crippen LogP contribution in [0.15, 0.2) is 5.38 Å². The number of aromatic hydroxyl groups is 1. The van der Waals surface area contributed by atoms with Gasteiger partial charge in [0.15, 0.2) is 0 Å². The lowest BCUT2D eigenvalue weighted by Gasteiger charge is -2.19. The highest BCUT2D eigenvalue weighted by molar-refractivity contribution is 7.10. The first kappa shape index (κ1) is 8.01. The van der Waals surface area contributed by atoms with E-state index < -0.39 is 0 Å². The zero-order valence-electron chi connectivity index (χ0n) is 6.91. The number of hydrogen-bond acceptors (Lipinski definition) is 4. The lowest BCUT2D eigenvalue weighted by molar-refractivity contribution is 0.0163. The summed E-state index contributed by atoms with van der Waals surface area (Å²) in [5.74, 6) is 0.103. The van der Waals surface area contributed by atoms with Crippen LogP contribution in [0.5, 0.6) is 5.88 Å². The Morgan fingerprint density at radius 1 is 1.75 bits per heavy atom. The van der Waals surface area contributed by atoms with Crippen LogP contribution in [0, 0.1) is 0 Å². The molecule has 1 saturated heterocycles. The van der Waals surface area contributed by atoms with Crippen molar-refractivity contribution in [2.45, 2.75) is 25.4 Å². The van der Waals surface area contributed by atoms with Crippen molar-refractivity contribution in [3.8, 4) is 5.88 Å². The Kier molecular flexibility index (Phi) is 1.81. The highest BCUT2D eigenvalue weighted by atomic mass is 32.1. The van der Waals surface area contributed by atoms with Crippen molar-refractivity contribution < 1.29 is 9.84 Å². The molecular weight excluding hydrogens is 174 g/mol. The Labute approximate surface area is 75.0 Å². The van der Waals surface area contributed by atoms with Crippen LogP contribution in [0.4, 0.5) is 0 Å². The lowest BCUT2D eigenvalue weighted by Crippen LogP contribution is -2.19. The zero-order chi connectivity index (χ0) is 8.60. The summed E-state index contributed by atoms with van der Waals surface area (Å²) in [5.41, 5.74) is -0.244. The molecule has 1 unspecified atom stereocenters. The number of thiazole rings is 1. The van der Waals surface area contributed by atoms with E-state index in [1.807, 2.05) is 6.92 Å². The van der Waals surface area contributed by atoms with E-state index in [1.165, 1.54) is 11.3 Å². The largest absolute Gasteiger partial charge is 0.493 e. The van der Waals surface area contributed by atoms with Crippen LogP contribution < -0.4 is 0 Å². The van der Waals surface area contributed by atoms with Crippen molar-refractivity contribution in [2.75, 3.05) is 6.61 Å². The summed E-state index contributed by atoms with van der Waals surface area (Å²) in [7, 11) is 0. The Morgan fingerprint density at radius 3 is 3.08 bits per heavy atom. The molecule has 12 heavy (non-hydrogen) atoms. The second-order valence-electron chi connectivity index (χ2n) is 3.19. The third-order valence-electron chi connectivity index (χ3n) is 2.16. The molecule has 2 heterocycles. The second-order valence-corrected chi connectivity index (χ2v) is 4.05. The van der Waals surface area contributed by atoms with Gasteiger partial charge in [-0.25, -0.2) is 4.98 Å². The average molecular weight is 185 g/mol. The number of nitrogens with zero attached hydrogens (tertiary/aromatic N) is 1. The molecule has 1 aliphatic heterocycles. The molecule has 0 bridgehead atoms. The van der Waals surface area contributed by atoms with Crippen molar-refractivity contribution in [1.29, 1.82) is 0 Å². The summed E-state index contributed by atoms with van der Waals surface area (Å²) in [6.07, 6.45) is 2.08. The highest BCUT2D eigenvalue weighted by Crippen LogP contribution is 2.37. The molecule has 1 atom stereocenters. The van der Waals surface area contributed by atoms with Gasteiger partial charge in [-0.3, -0.25) is 0 Å². The number of hydrogen-bond donors (Lipinski definition) is 1. The molecule has 1 aromatic rings. The summed E-state index contributed by atoms with van der Waals surface area (Å²) in [6.45, 7) is 2.83.